The van der Waals surface area contributed by atoms with E-state index in [4.69, 9.17) is 5.73 Å². The van der Waals surface area contributed by atoms with Crippen molar-refractivity contribution in [1.29, 1.82) is 0 Å². The Labute approximate surface area is 115 Å². The SMILES string of the molecule is Cc1ccc2nc(CSc3ccc(N)nc3)cn2c1. The summed E-state index contributed by atoms with van der Waals surface area (Å²) >= 11 is 1.71. The number of nitrogen functional groups attached to an aromatic ring is 1. The molecule has 3 aromatic rings. The number of rotatable bonds is 3. The highest BCUT2D eigenvalue weighted by Gasteiger charge is 2.03. The van der Waals surface area contributed by atoms with Crippen molar-refractivity contribution in [3.63, 3.8) is 0 Å². The highest BCUT2D eigenvalue weighted by atomic mass is 32.2. The van der Waals surface area contributed by atoms with Crippen LogP contribution in [0.25, 0.3) is 5.65 Å². The van der Waals surface area contributed by atoms with Crippen LogP contribution in [0, 0.1) is 6.92 Å². The average Bonchev–Trinajstić information content (AvgIpc) is 2.80. The maximum absolute atomic E-state index is 5.56. The van der Waals surface area contributed by atoms with Crippen molar-refractivity contribution in [1.82, 2.24) is 14.4 Å². The topological polar surface area (TPSA) is 56.2 Å². The van der Waals surface area contributed by atoms with Crippen LogP contribution in [0.1, 0.15) is 11.3 Å². The second-order valence-electron chi connectivity index (χ2n) is 4.41. The highest BCUT2D eigenvalue weighted by Crippen LogP contribution is 2.22. The van der Waals surface area contributed by atoms with Crippen molar-refractivity contribution in [3.8, 4) is 0 Å². The van der Waals surface area contributed by atoms with Gasteiger partial charge in [-0.3, -0.25) is 0 Å². The zero-order chi connectivity index (χ0) is 13.2. The summed E-state index contributed by atoms with van der Waals surface area (Å²) in [4.78, 5) is 9.76. The molecule has 4 nitrogen and oxygen atoms in total. The van der Waals surface area contributed by atoms with Gasteiger partial charge in [0.05, 0.1) is 5.69 Å². The largest absolute Gasteiger partial charge is 0.384 e. The fraction of sp³-hybridized carbons (Fsp3) is 0.143. The Bertz CT molecular complexity index is 703. The first kappa shape index (κ1) is 12.0. The molecule has 3 heterocycles. The molecule has 0 spiro atoms. The van der Waals surface area contributed by atoms with Gasteiger partial charge in [-0.25, -0.2) is 9.97 Å². The van der Waals surface area contributed by atoms with Crippen LogP contribution in [0.4, 0.5) is 5.82 Å². The van der Waals surface area contributed by atoms with Crippen LogP contribution in [0.2, 0.25) is 0 Å². The van der Waals surface area contributed by atoms with Gasteiger partial charge in [0.15, 0.2) is 0 Å². The number of aryl methyl sites for hydroxylation is 1. The maximum Gasteiger partial charge on any atom is 0.137 e. The number of hydrogen-bond donors (Lipinski definition) is 1. The molecule has 0 aliphatic rings. The molecular formula is C14H14N4S. The average molecular weight is 270 g/mol. The lowest BCUT2D eigenvalue weighted by Gasteiger charge is -1.98. The zero-order valence-electron chi connectivity index (χ0n) is 10.6. The van der Waals surface area contributed by atoms with E-state index in [1.807, 2.05) is 18.2 Å². The fourth-order valence-corrected chi connectivity index (χ4v) is 2.60. The molecule has 0 atom stereocenters. The molecule has 0 saturated carbocycles. The summed E-state index contributed by atoms with van der Waals surface area (Å²) in [6, 6.07) is 7.90. The Balaban J connectivity index is 1.76. The molecule has 19 heavy (non-hydrogen) atoms. The Morgan fingerprint density at radius 3 is 2.89 bits per heavy atom. The Kier molecular flexibility index (Phi) is 3.13. The first-order chi connectivity index (χ1) is 9.20. The van der Waals surface area contributed by atoms with Gasteiger partial charge in [0.25, 0.3) is 0 Å². The van der Waals surface area contributed by atoms with Gasteiger partial charge in [0.2, 0.25) is 0 Å². The molecule has 0 aliphatic heterocycles. The fourth-order valence-electron chi connectivity index (χ4n) is 1.86. The number of pyridine rings is 2. The molecule has 0 radical (unpaired) electrons. The minimum Gasteiger partial charge on any atom is -0.384 e. The van der Waals surface area contributed by atoms with Crippen molar-refractivity contribution in [3.05, 3.63) is 54.1 Å². The molecule has 0 aromatic carbocycles. The lowest BCUT2D eigenvalue weighted by molar-refractivity contribution is 1.15. The van der Waals surface area contributed by atoms with Crippen molar-refractivity contribution in [2.45, 2.75) is 17.6 Å². The maximum atomic E-state index is 5.56. The smallest absolute Gasteiger partial charge is 0.137 e. The van der Waals surface area contributed by atoms with E-state index < -0.39 is 0 Å². The van der Waals surface area contributed by atoms with E-state index in [-0.39, 0.29) is 0 Å². The molecule has 0 unspecified atom stereocenters. The number of hydrogen-bond acceptors (Lipinski definition) is 4. The number of imidazole rings is 1. The standard InChI is InChI=1S/C14H14N4S/c1-10-2-5-14-17-11(8-18(14)7-10)9-19-12-3-4-13(15)16-6-12/h2-8H,9H2,1H3,(H2,15,16). The lowest BCUT2D eigenvalue weighted by Crippen LogP contribution is -1.88. The minimum absolute atomic E-state index is 0.549. The van der Waals surface area contributed by atoms with Gasteiger partial charge in [0, 0.05) is 29.2 Å². The minimum atomic E-state index is 0.549. The third-order valence-corrected chi connectivity index (χ3v) is 3.81. The van der Waals surface area contributed by atoms with E-state index >= 15 is 0 Å². The molecule has 5 heteroatoms. The van der Waals surface area contributed by atoms with Gasteiger partial charge in [-0.1, -0.05) is 6.07 Å². The number of nitrogens with zero attached hydrogens (tertiary/aromatic N) is 3. The van der Waals surface area contributed by atoms with E-state index in [0.29, 0.717) is 5.82 Å². The number of anilines is 1. The third kappa shape index (κ3) is 2.71. The number of aromatic nitrogens is 3. The van der Waals surface area contributed by atoms with Crippen LogP contribution in [0.5, 0.6) is 0 Å². The van der Waals surface area contributed by atoms with Gasteiger partial charge >= 0.3 is 0 Å². The first-order valence-corrected chi connectivity index (χ1v) is 6.98. The van der Waals surface area contributed by atoms with Crippen molar-refractivity contribution < 1.29 is 0 Å². The Morgan fingerprint density at radius 1 is 1.21 bits per heavy atom. The predicted molar refractivity (Wildman–Crippen MR) is 78.1 cm³/mol. The van der Waals surface area contributed by atoms with Crippen LogP contribution < -0.4 is 5.73 Å². The first-order valence-electron chi connectivity index (χ1n) is 5.99. The summed E-state index contributed by atoms with van der Waals surface area (Å²) in [7, 11) is 0. The molecule has 0 aliphatic carbocycles. The zero-order valence-corrected chi connectivity index (χ0v) is 11.4. The van der Waals surface area contributed by atoms with Crippen molar-refractivity contribution >= 4 is 23.2 Å². The van der Waals surface area contributed by atoms with Gasteiger partial charge in [0.1, 0.15) is 11.5 Å². The summed E-state index contributed by atoms with van der Waals surface area (Å²) in [5, 5.41) is 0. The van der Waals surface area contributed by atoms with Gasteiger partial charge in [-0.15, -0.1) is 11.8 Å². The van der Waals surface area contributed by atoms with Gasteiger partial charge in [-0.2, -0.15) is 0 Å². The quantitative estimate of drug-likeness (QED) is 0.743. The second-order valence-corrected chi connectivity index (χ2v) is 5.46. The molecule has 96 valence electrons. The van der Waals surface area contributed by atoms with E-state index in [9.17, 15) is 0 Å². The lowest BCUT2D eigenvalue weighted by atomic mass is 10.3. The molecule has 0 amide bonds. The number of thioether (sulfide) groups is 1. The molecule has 0 fully saturated rings. The molecule has 0 bridgehead atoms. The number of fused-ring (bicyclic) bond motifs is 1. The summed E-state index contributed by atoms with van der Waals surface area (Å²) in [5.74, 6) is 1.37. The highest BCUT2D eigenvalue weighted by molar-refractivity contribution is 7.98. The van der Waals surface area contributed by atoms with Crippen LogP contribution in [0.15, 0.2) is 47.8 Å². The Hall–Kier alpha value is -2.01. The van der Waals surface area contributed by atoms with Gasteiger partial charge in [-0.05, 0) is 30.7 Å². The molecule has 3 rings (SSSR count). The van der Waals surface area contributed by atoms with Crippen LogP contribution in [-0.2, 0) is 5.75 Å². The van der Waals surface area contributed by atoms with E-state index in [0.717, 1.165) is 22.0 Å². The van der Waals surface area contributed by atoms with Gasteiger partial charge < -0.3 is 10.1 Å². The van der Waals surface area contributed by atoms with Crippen LogP contribution in [-0.4, -0.2) is 14.4 Å². The summed E-state index contributed by atoms with van der Waals surface area (Å²) in [5.41, 5.74) is 8.84. The van der Waals surface area contributed by atoms with Crippen molar-refractivity contribution in [2.75, 3.05) is 5.73 Å². The van der Waals surface area contributed by atoms with E-state index in [1.54, 1.807) is 18.0 Å². The summed E-state index contributed by atoms with van der Waals surface area (Å²) in [6.07, 6.45) is 5.95. The second kappa shape index (κ2) is 4.93. The van der Waals surface area contributed by atoms with Crippen LogP contribution >= 0.6 is 11.8 Å². The molecule has 3 aromatic heterocycles. The Morgan fingerprint density at radius 2 is 2.11 bits per heavy atom. The van der Waals surface area contributed by atoms with E-state index in [2.05, 4.69) is 39.8 Å². The molecule has 2 N–H and O–H groups in total. The summed E-state index contributed by atoms with van der Waals surface area (Å²) in [6.45, 7) is 2.08. The number of nitrogens with two attached hydrogens (primary N) is 1. The monoisotopic (exact) mass is 270 g/mol. The third-order valence-electron chi connectivity index (χ3n) is 2.79. The summed E-state index contributed by atoms with van der Waals surface area (Å²) < 4.78 is 2.06. The van der Waals surface area contributed by atoms with E-state index in [1.165, 1.54) is 5.56 Å². The predicted octanol–water partition coefficient (Wildman–Crippen LogP) is 2.91. The molecule has 0 saturated heterocycles. The van der Waals surface area contributed by atoms with Crippen molar-refractivity contribution in [2.24, 2.45) is 0 Å². The molecular weight excluding hydrogens is 256 g/mol. The van der Waals surface area contributed by atoms with Crippen LogP contribution in [0.3, 0.4) is 0 Å². The normalized spacial score (nSPS) is 11.0.